The Balaban J connectivity index is 1.38. The van der Waals surface area contributed by atoms with Gasteiger partial charge in [0.2, 0.25) is 10.0 Å². The van der Waals surface area contributed by atoms with Gasteiger partial charge in [0.1, 0.15) is 10.5 Å². The molecule has 5 rings (SSSR count). The van der Waals surface area contributed by atoms with Crippen molar-refractivity contribution in [1.82, 2.24) is 23.6 Å². The molecule has 176 valence electrons. The van der Waals surface area contributed by atoms with E-state index in [2.05, 4.69) is 45.6 Å². The summed E-state index contributed by atoms with van der Waals surface area (Å²) in [6.07, 6.45) is 3.58. The summed E-state index contributed by atoms with van der Waals surface area (Å²) in [5.41, 5.74) is 5.17. The smallest absolute Gasteiger partial charge is 0.244 e. The lowest BCUT2D eigenvalue weighted by atomic mass is 10.1. The van der Waals surface area contributed by atoms with Crippen LogP contribution in [0.25, 0.3) is 16.9 Å². The van der Waals surface area contributed by atoms with Crippen molar-refractivity contribution in [3.8, 4) is 11.3 Å². The Morgan fingerprint density at radius 2 is 1.74 bits per heavy atom. The van der Waals surface area contributed by atoms with Crippen molar-refractivity contribution >= 4 is 27.4 Å². The van der Waals surface area contributed by atoms with Crippen LogP contribution in [0.1, 0.15) is 11.3 Å². The van der Waals surface area contributed by atoms with E-state index in [9.17, 15) is 8.42 Å². The third-order valence-corrected chi connectivity index (χ3v) is 8.92. The molecule has 7 nitrogen and oxygen atoms in total. The Morgan fingerprint density at radius 1 is 0.971 bits per heavy atom. The average Bonchev–Trinajstić information content (AvgIpc) is 3.21. The Hall–Kier alpha value is -2.72. The highest BCUT2D eigenvalue weighted by Gasteiger charge is 2.27. The van der Waals surface area contributed by atoms with Crippen molar-refractivity contribution in [2.24, 2.45) is 0 Å². The number of aryl methyl sites for hydroxylation is 1. The third kappa shape index (κ3) is 4.61. The van der Waals surface area contributed by atoms with Crippen LogP contribution >= 0.6 is 11.8 Å². The monoisotopic (exact) mass is 493 g/mol. The zero-order valence-corrected chi connectivity index (χ0v) is 20.9. The van der Waals surface area contributed by atoms with E-state index in [4.69, 9.17) is 4.98 Å². The largest absolute Gasteiger partial charge is 0.304 e. The van der Waals surface area contributed by atoms with Gasteiger partial charge in [0.25, 0.3) is 0 Å². The molecule has 0 aliphatic carbocycles. The Morgan fingerprint density at radius 3 is 2.44 bits per heavy atom. The van der Waals surface area contributed by atoms with Crippen LogP contribution in [-0.2, 0) is 15.8 Å². The lowest BCUT2D eigenvalue weighted by molar-refractivity contribution is 0.222. The molecule has 34 heavy (non-hydrogen) atoms. The topological polar surface area (TPSA) is 70.8 Å². The third-order valence-electron chi connectivity index (χ3n) is 6.08. The molecule has 0 saturated carbocycles. The highest BCUT2D eigenvalue weighted by Crippen LogP contribution is 2.30. The van der Waals surface area contributed by atoms with E-state index in [1.54, 1.807) is 28.2 Å². The first-order valence-corrected chi connectivity index (χ1v) is 13.6. The highest BCUT2D eigenvalue weighted by atomic mass is 32.2. The summed E-state index contributed by atoms with van der Waals surface area (Å²) in [7, 11) is -1.51. The fourth-order valence-electron chi connectivity index (χ4n) is 4.09. The summed E-state index contributed by atoms with van der Waals surface area (Å²) in [6, 6.07) is 17.7. The van der Waals surface area contributed by atoms with Crippen LogP contribution in [0.4, 0.5) is 0 Å². The van der Waals surface area contributed by atoms with Crippen molar-refractivity contribution in [1.29, 1.82) is 0 Å². The quantitative estimate of drug-likeness (QED) is 0.379. The van der Waals surface area contributed by atoms with Crippen molar-refractivity contribution in [3.63, 3.8) is 0 Å². The average molecular weight is 494 g/mol. The molecule has 0 unspecified atom stereocenters. The molecule has 0 N–H and O–H groups in total. The normalized spacial score (nSPS) is 15.7. The molecule has 0 spiro atoms. The van der Waals surface area contributed by atoms with E-state index in [0.29, 0.717) is 18.8 Å². The van der Waals surface area contributed by atoms with Crippen LogP contribution < -0.4 is 0 Å². The maximum Gasteiger partial charge on any atom is 0.244 e. The number of nitrogens with zero attached hydrogens (tertiary/aromatic N) is 5. The molecule has 1 saturated heterocycles. The zero-order chi connectivity index (χ0) is 23.7. The van der Waals surface area contributed by atoms with Gasteiger partial charge in [-0.15, -0.1) is 11.8 Å². The number of fused-ring (bicyclic) bond motifs is 1. The van der Waals surface area contributed by atoms with Gasteiger partial charge in [0.05, 0.1) is 16.4 Å². The van der Waals surface area contributed by atoms with Crippen LogP contribution in [0.5, 0.6) is 0 Å². The molecular formula is C25H27N5O2S2. The van der Waals surface area contributed by atoms with Crippen LogP contribution in [0, 0.1) is 6.92 Å². The minimum atomic E-state index is -3.52. The van der Waals surface area contributed by atoms with E-state index in [1.807, 2.05) is 31.3 Å². The number of pyridine rings is 2. The predicted molar refractivity (Wildman–Crippen MR) is 135 cm³/mol. The maximum atomic E-state index is 13.0. The number of likely N-dealkylation sites (N-methyl/N-ethyl adjacent to an activating group) is 1. The first kappa shape index (κ1) is 23.0. The van der Waals surface area contributed by atoms with Gasteiger partial charge in [-0.05, 0) is 37.7 Å². The summed E-state index contributed by atoms with van der Waals surface area (Å²) in [6.45, 7) is 4.56. The zero-order valence-electron chi connectivity index (χ0n) is 19.3. The van der Waals surface area contributed by atoms with Gasteiger partial charge in [0, 0.05) is 49.9 Å². The second-order valence-electron chi connectivity index (χ2n) is 8.54. The molecule has 0 amide bonds. The van der Waals surface area contributed by atoms with Gasteiger partial charge in [-0.25, -0.2) is 18.4 Å². The second-order valence-corrected chi connectivity index (χ2v) is 11.5. The molecule has 1 aliphatic heterocycles. The fraction of sp³-hybridized carbons (Fsp3) is 0.280. The first-order chi connectivity index (χ1) is 16.4. The van der Waals surface area contributed by atoms with Crippen molar-refractivity contribution in [3.05, 3.63) is 78.2 Å². The fourth-order valence-corrected chi connectivity index (χ4v) is 6.31. The van der Waals surface area contributed by atoms with Gasteiger partial charge in [-0.1, -0.05) is 36.4 Å². The van der Waals surface area contributed by atoms with Crippen LogP contribution in [0.3, 0.4) is 0 Å². The van der Waals surface area contributed by atoms with Crippen LogP contribution in [-0.4, -0.2) is 65.2 Å². The van der Waals surface area contributed by atoms with E-state index >= 15 is 0 Å². The summed E-state index contributed by atoms with van der Waals surface area (Å²) >= 11 is 1.58. The van der Waals surface area contributed by atoms with Gasteiger partial charge >= 0.3 is 0 Å². The molecule has 1 aromatic carbocycles. The number of benzene rings is 1. The molecule has 1 fully saturated rings. The number of sulfonamides is 1. The van der Waals surface area contributed by atoms with E-state index < -0.39 is 10.0 Å². The lowest BCUT2D eigenvalue weighted by Crippen LogP contribution is -2.47. The van der Waals surface area contributed by atoms with Crippen LogP contribution in [0.15, 0.2) is 76.9 Å². The molecule has 4 heterocycles. The first-order valence-electron chi connectivity index (χ1n) is 11.2. The van der Waals surface area contributed by atoms with Gasteiger partial charge in [-0.2, -0.15) is 4.31 Å². The van der Waals surface area contributed by atoms with Crippen molar-refractivity contribution < 1.29 is 8.42 Å². The van der Waals surface area contributed by atoms with Gasteiger partial charge in [0.15, 0.2) is 0 Å². The van der Waals surface area contributed by atoms with E-state index in [0.717, 1.165) is 46.3 Å². The standard InChI is InChI=1S/C25H27N5O2S2/c1-19-8-10-23-27-25(20-6-4-3-5-7-20)22(30(23)17-19)18-33-24-11-9-21(16-26-24)34(31,32)29-14-12-28(2)13-15-29/h3-11,16-17H,12-15,18H2,1-2H3. The summed E-state index contributed by atoms with van der Waals surface area (Å²) < 4.78 is 29.6. The molecule has 0 radical (unpaired) electrons. The number of imidazole rings is 1. The van der Waals surface area contributed by atoms with Crippen molar-refractivity contribution in [2.75, 3.05) is 33.2 Å². The Bertz CT molecular complexity index is 1390. The highest BCUT2D eigenvalue weighted by molar-refractivity contribution is 7.98. The van der Waals surface area contributed by atoms with Crippen molar-refractivity contribution in [2.45, 2.75) is 22.6 Å². The predicted octanol–water partition coefficient (Wildman–Crippen LogP) is 3.93. The van der Waals surface area contributed by atoms with Crippen LogP contribution in [0.2, 0.25) is 0 Å². The number of hydrogen-bond donors (Lipinski definition) is 0. The van der Waals surface area contributed by atoms with E-state index in [1.165, 1.54) is 6.20 Å². The Labute approximate surface area is 204 Å². The molecule has 1 aliphatic rings. The Kier molecular flexibility index (Phi) is 6.44. The second kappa shape index (κ2) is 9.50. The van der Waals surface area contributed by atoms with E-state index in [-0.39, 0.29) is 4.90 Å². The van der Waals surface area contributed by atoms with Gasteiger partial charge in [-0.3, -0.25) is 0 Å². The molecular weight excluding hydrogens is 466 g/mol. The molecule has 9 heteroatoms. The summed E-state index contributed by atoms with van der Waals surface area (Å²) in [5, 5.41) is 0.777. The summed E-state index contributed by atoms with van der Waals surface area (Å²) in [5.74, 6) is 0.659. The minimum Gasteiger partial charge on any atom is -0.304 e. The molecule has 3 aromatic heterocycles. The molecule has 0 atom stereocenters. The maximum absolute atomic E-state index is 13.0. The number of thioether (sulfide) groups is 1. The van der Waals surface area contributed by atoms with Gasteiger partial charge < -0.3 is 9.30 Å². The SMILES string of the molecule is Cc1ccc2nc(-c3ccccc3)c(CSc3ccc(S(=O)(=O)N4CCN(C)CC4)cn3)n2c1. The lowest BCUT2D eigenvalue weighted by Gasteiger charge is -2.31. The number of aromatic nitrogens is 3. The molecule has 0 bridgehead atoms. The number of piperazine rings is 1. The number of hydrogen-bond acceptors (Lipinski definition) is 6. The minimum absolute atomic E-state index is 0.247. The molecule has 4 aromatic rings. The number of rotatable bonds is 6. The summed E-state index contributed by atoms with van der Waals surface area (Å²) in [4.78, 5) is 11.7.